The van der Waals surface area contributed by atoms with Crippen LogP contribution >= 0.6 is 0 Å². The Kier molecular flexibility index (Phi) is 5.41. The van der Waals surface area contributed by atoms with Crippen LogP contribution in [0.4, 0.5) is 5.95 Å². The zero-order valence-corrected chi connectivity index (χ0v) is 15.3. The molecule has 2 aromatic rings. The fourth-order valence-electron chi connectivity index (χ4n) is 3.73. The molecule has 5 heteroatoms. The SMILES string of the molecule is COc1cc(-c2nc(N)ncc2CCC2CCCC2)c(OC)cc1C. The van der Waals surface area contributed by atoms with Gasteiger partial charge < -0.3 is 15.2 Å². The standard InChI is InChI=1S/C20H27N3O2/c1-13-10-18(25-3)16(11-17(13)24-2)19-15(12-22-20(21)23-19)9-8-14-6-4-5-7-14/h10-12,14H,4-9H2,1-3H3,(H2,21,22,23). The highest BCUT2D eigenvalue weighted by molar-refractivity contribution is 5.73. The number of aromatic nitrogens is 2. The van der Waals surface area contributed by atoms with E-state index in [9.17, 15) is 0 Å². The summed E-state index contributed by atoms with van der Waals surface area (Å²) in [6.45, 7) is 2.00. The van der Waals surface area contributed by atoms with Crippen LogP contribution in [0.1, 0.15) is 43.2 Å². The van der Waals surface area contributed by atoms with Crippen molar-refractivity contribution in [3.05, 3.63) is 29.5 Å². The second-order valence-corrected chi connectivity index (χ2v) is 6.81. The van der Waals surface area contributed by atoms with Gasteiger partial charge in [0.25, 0.3) is 0 Å². The molecule has 1 aliphatic carbocycles. The van der Waals surface area contributed by atoms with Crippen molar-refractivity contribution in [2.45, 2.75) is 45.4 Å². The molecule has 0 saturated heterocycles. The van der Waals surface area contributed by atoms with E-state index in [1.807, 2.05) is 25.3 Å². The Balaban J connectivity index is 1.99. The molecule has 5 nitrogen and oxygen atoms in total. The molecule has 2 N–H and O–H groups in total. The van der Waals surface area contributed by atoms with E-state index in [-0.39, 0.29) is 5.95 Å². The number of nitrogens with zero attached hydrogens (tertiary/aromatic N) is 2. The van der Waals surface area contributed by atoms with Gasteiger partial charge in [-0.2, -0.15) is 0 Å². The Bertz CT molecular complexity index is 740. The minimum Gasteiger partial charge on any atom is -0.496 e. The van der Waals surface area contributed by atoms with E-state index >= 15 is 0 Å². The van der Waals surface area contributed by atoms with Crippen LogP contribution in [0.25, 0.3) is 11.3 Å². The first-order valence-electron chi connectivity index (χ1n) is 8.96. The van der Waals surface area contributed by atoms with Crippen LogP contribution in [-0.4, -0.2) is 24.2 Å². The van der Waals surface area contributed by atoms with E-state index in [1.165, 1.54) is 32.1 Å². The molecule has 1 aromatic carbocycles. The van der Waals surface area contributed by atoms with Gasteiger partial charge in [0, 0.05) is 11.8 Å². The van der Waals surface area contributed by atoms with Crippen molar-refractivity contribution in [3.63, 3.8) is 0 Å². The fraction of sp³-hybridized carbons (Fsp3) is 0.500. The highest BCUT2D eigenvalue weighted by Crippen LogP contribution is 2.37. The van der Waals surface area contributed by atoms with Gasteiger partial charge in [0.05, 0.1) is 19.9 Å². The van der Waals surface area contributed by atoms with Crippen molar-refractivity contribution in [2.24, 2.45) is 5.92 Å². The maximum Gasteiger partial charge on any atom is 0.220 e. The van der Waals surface area contributed by atoms with Crippen LogP contribution in [-0.2, 0) is 6.42 Å². The highest BCUT2D eigenvalue weighted by Gasteiger charge is 2.19. The zero-order valence-electron chi connectivity index (χ0n) is 15.3. The minimum absolute atomic E-state index is 0.279. The Hall–Kier alpha value is -2.30. The van der Waals surface area contributed by atoms with Gasteiger partial charge in [-0.15, -0.1) is 0 Å². The van der Waals surface area contributed by atoms with E-state index in [4.69, 9.17) is 15.2 Å². The first-order chi connectivity index (χ1) is 12.1. The van der Waals surface area contributed by atoms with Gasteiger partial charge in [0.1, 0.15) is 11.5 Å². The summed E-state index contributed by atoms with van der Waals surface area (Å²) in [6.07, 6.45) is 9.39. The third-order valence-corrected chi connectivity index (χ3v) is 5.15. The monoisotopic (exact) mass is 341 g/mol. The molecule has 0 atom stereocenters. The van der Waals surface area contributed by atoms with Crippen LogP contribution in [0, 0.1) is 12.8 Å². The molecule has 0 amide bonds. The third-order valence-electron chi connectivity index (χ3n) is 5.15. The Morgan fingerprint density at radius 1 is 1.12 bits per heavy atom. The zero-order chi connectivity index (χ0) is 17.8. The fourth-order valence-corrected chi connectivity index (χ4v) is 3.73. The molecule has 1 aliphatic rings. The molecule has 0 bridgehead atoms. The number of hydrogen-bond acceptors (Lipinski definition) is 5. The van der Waals surface area contributed by atoms with Gasteiger partial charge in [-0.05, 0) is 48.9 Å². The summed E-state index contributed by atoms with van der Waals surface area (Å²) in [7, 11) is 3.35. The molecule has 3 rings (SSSR count). The maximum absolute atomic E-state index is 5.88. The highest BCUT2D eigenvalue weighted by atomic mass is 16.5. The number of nitrogen functional groups attached to an aromatic ring is 1. The van der Waals surface area contributed by atoms with Gasteiger partial charge in [-0.3, -0.25) is 0 Å². The average Bonchev–Trinajstić information content (AvgIpc) is 3.14. The summed E-state index contributed by atoms with van der Waals surface area (Å²) < 4.78 is 11.1. The predicted molar refractivity (Wildman–Crippen MR) is 100 cm³/mol. The van der Waals surface area contributed by atoms with Gasteiger partial charge in [0.15, 0.2) is 0 Å². The Morgan fingerprint density at radius 3 is 2.52 bits per heavy atom. The van der Waals surface area contributed by atoms with E-state index in [0.717, 1.165) is 46.2 Å². The lowest BCUT2D eigenvalue weighted by molar-refractivity contribution is 0.401. The van der Waals surface area contributed by atoms with Gasteiger partial charge in [0.2, 0.25) is 5.95 Å². The van der Waals surface area contributed by atoms with E-state index in [1.54, 1.807) is 14.2 Å². The van der Waals surface area contributed by atoms with Crippen LogP contribution in [0.5, 0.6) is 11.5 Å². The van der Waals surface area contributed by atoms with Crippen molar-refractivity contribution < 1.29 is 9.47 Å². The van der Waals surface area contributed by atoms with Crippen molar-refractivity contribution in [3.8, 4) is 22.8 Å². The summed E-state index contributed by atoms with van der Waals surface area (Å²) in [5.74, 6) is 2.69. The maximum atomic E-state index is 5.88. The van der Waals surface area contributed by atoms with Crippen molar-refractivity contribution >= 4 is 5.95 Å². The molecule has 1 saturated carbocycles. The van der Waals surface area contributed by atoms with E-state index in [0.29, 0.717) is 0 Å². The van der Waals surface area contributed by atoms with Crippen molar-refractivity contribution in [1.82, 2.24) is 9.97 Å². The average molecular weight is 341 g/mol. The molecule has 0 aliphatic heterocycles. The first-order valence-corrected chi connectivity index (χ1v) is 8.96. The Labute approximate surface area is 149 Å². The second-order valence-electron chi connectivity index (χ2n) is 6.81. The van der Waals surface area contributed by atoms with Crippen LogP contribution < -0.4 is 15.2 Å². The number of aryl methyl sites for hydroxylation is 2. The molecular weight excluding hydrogens is 314 g/mol. The first kappa shape index (κ1) is 17.5. The van der Waals surface area contributed by atoms with Crippen LogP contribution in [0.15, 0.2) is 18.3 Å². The topological polar surface area (TPSA) is 70.3 Å². The number of nitrogens with two attached hydrogens (primary N) is 1. The summed E-state index contributed by atoms with van der Waals surface area (Å²) in [5, 5.41) is 0. The number of ether oxygens (including phenoxy) is 2. The third kappa shape index (κ3) is 3.86. The lowest BCUT2D eigenvalue weighted by atomic mass is 9.95. The van der Waals surface area contributed by atoms with Crippen LogP contribution in [0.3, 0.4) is 0 Å². The largest absolute Gasteiger partial charge is 0.496 e. The molecule has 0 spiro atoms. The van der Waals surface area contributed by atoms with Gasteiger partial charge in [-0.1, -0.05) is 25.7 Å². The van der Waals surface area contributed by atoms with E-state index < -0.39 is 0 Å². The van der Waals surface area contributed by atoms with E-state index in [2.05, 4.69) is 9.97 Å². The van der Waals surface area contributed by atoms with Gasteiger partial charge >= 0.3 is 0 Å². The molecule has 25 heavy (non-hydrogen) atoms. The second kappa shape index (κ2) is 7.72. The Morgan fingerprint density at radius 2 is 1.84 bits per heavy atom. The summed E-state index contributed by atoms with van der Waals surface area (Å²) >= 11 is 0. The van der Waals surface area contributed by atoms with Crippen LogP contribution in [0.2, 0.25) is 0 Å². The van der Waals surface area contributed by atoms with Crippen molar-refractivity contribution in [1.29, 1.82) is 0 Å². The predicted octanol–water partition coefficient (Wildman–Crippen LogP) is 4.17. The smallest absolute Gasteiger partial charge is 0.220 e. The molecule has 1 heterocycles. The van der Waals surface area contributed by atoms with Crippen molar-refractivity contribution in [2.75, 3.05) is 20.0 Å². The molecular formula is C20H27N3O2. The quantitative estimate of drug-likeness (QED) is 0.853. The summed E-state index contributed by atoms with van der Waals surface area (Å²) in [4.78, 5) is 8.75. The number of methoxy groups -OCH3 is 2. The molecule has 1 aromatic heterocycles. The number of anilines is 1. The minimum atomic E-state index is 0.279. The van der Waals surface area contributed by atoms with Gasteiger partial charge in [-0.25, -0.2) is 9.97 Å². The lowest BCUT2D eigenvalue weighted by Gasteiger charge is -2.16. The lowest BCUT2D eigenvalue weighted by Crippen LogP contribution is -2.04. The normalized spacial score (nSPS) is 14.7. The summed E-state index contributed by atoms with van der Waals surface area (Å²) in [6, 6.07) is 3.96. The summed E-state index contributed by atoms with van der Waals surface area (Å²) in [5.41, 5.74) is 9.77. The number of benzene rings is 1. The molecule has 0 radical (unpaired) electrons. The number of rotatable bonds is 6. The number of hydrogen-bond donors (Lipinski definition) is 1. The molecule has 1 fully saturated rings. The molecule has 134 valence electrons. The molecule has 0 unspecified atom stereocenters.